The molecule has 3 unspecified atom stereocenters. The number of hydrogen-bond acceptors (Lipinski definition) is 3. The van der Waals surface area contributed by atoms with Crippen molar-refractivity contribution in [1.29, 1.82) is 0 Å². The molecule has 1 aliphatic carbocycles. The molecule has 0 amide bonds. The SMILES string of the molecule is CCC(NC1c2ccccc2CC1O)c1ccc2c(c1)CCO2. The van der Waals surface area contributed by atoms with Gasteiger partial charge in [0.1, 0.15) is 5.75 Å². The van der Waals surface area contributed by atoms with Gasteiger partial charge < -0.3 is 15.2 Å². The Kier molecular flexibility index (Phi) is 3.83. The van der Waals surface area contributed by atoms with Crippen molar-refractivity contribution in [2.24, 2.45) is 0 Å². The van der Waals surface area contributed by atoms with Crippen LogP contribution in [-0.2, 0) is 12.8 Å². The van der Waals surface area contributed by atoms with Crippen molar-refractivity contribution in [2.45, 2.75) is 44.4 Å². The van der Waals surface area contributed by atoms with Gasteiger partial charge in [0, 0.05) is 18.9 Å². The van der Waals surface area contributed by atoms with Crippen LogP contribution in [0.2, 0.25) is 0 Å². The van der Waals surface area contributed by atoms with Crippen LogP contribution < -0.4 is 10.1 Å². The summed E-state index contributed by atoms with van der Waals surface area (Å²) in [4.78, 5) is 0. The second-order valence-corrected chi connectivity index (χ2v) is 6.54. The van der Waals surface area contributed by atoms with Crippen LogP contribution in [0, 0.1) is 0 Å². The zero-order valence-corrected chi connectivity index (χ0v) is 13.5. The van der Waals surface area contributed by atoms with E-state index in [2.05, 4.69) is 48.6 Å². The Morgan fingerprint density at radius 2 is 2.09 bits per heavy atom. The fraction of sp³-hybridized carbons (Fsp3) is 0.400. The van der Waals surface area contributed by atoms with Gasteiger partial charge in [0.2, 0.25) is 0 Å². The molecule has 0 fully saturated rings. The summed E-state index contributed by atoms with van der Waals surface area (Å²) in [6, 6.07) is 15.1. The molecule has 0 radical (unpaired) electrons. The number of fused-ring (bicyclic) bond motifs is 2. The third kappa shape index (κ3) is 2.64. The second kappa shape index (κ2) is 5.99. The number of benzene rings is 2. The van der Waals surface area contributed by atoms with E-state index in [1.807, 2.05) is 6.07 Å². The highest BCUT2D eigenvalue weighted by Crippen LogP contribution is 2.35. The fourth-order valence-corrected chi connectivity index (χ4v) is 3.86. The van der Waals surface area contributed by atoms with Crippen LogP contribution in [0.15, 0.2) is 42.5 Å². The topological polar surface area (TPSA) is 41.5 Å². The van der Waals surface area contributed by atoms with Gasteiger partial charge in [-0.25, -0.2) is 0 Å². The largest absolute Gasteiger partial charge is 0.493 e. The molecule has 4 rings (SSSR count). The number of ether oxygens (including phenoxy) is 1. The Morgan fingerprint density at radius 1 is 1.22 bits per heavy atom. The average Bonchev–Trinajstić information content (AvgIpc) is 3.15. The van der Waals surface area contributed by atoms with Crippen molar-refractivity contribution >= 4 is 0 Å². The fourth-order valence-electron chi connectivity index (χ4n) is 3.86. The standard InChI is InChI=1S/C20H23NO2/c1-2-17(14-7-8-19-15(11-14)9-10-23-19)21-20-16-6-4-3-5-13(16)12-18(20)22/h3-8,11,17-18,20-22H,2,9-10,12H2,1H3. The zero-order valence-electron chi connectivity index (χ0n) is 13.5. The lowest BCUT2D eigenvalue weighted by Crippen LogP contribution is -2.32. The molecular weight excluding hydrogens is 286 g/mol. The minimum absolute atomic E-state index is 0.0145. The Bertz CT molecular complexity index is 713. The van der Waals surface area contributed by atoms with Crippen LogP contribution in [0.25, 0.3) is 0 Å². The molecule has 0 bridgehead atoms. The monoisotopic (exact) mass is 309 g/mol. The summed E-state index contributed by atoms with van der Waals surface area (Å²) in [5.41, 5.74) is 5.08. The maximum Gasteiger partial charge on any atom is 0.122 e. The van der Waals surface area contributed by atoms with Gasteiger partial charge in [-0.3, -0.25) is 0 Å². The summed E-state index contributed by atoms with van der Waals surface area (Å²) < 4.78 is 5.60. The van der Waals surface area contributed by atoms with Crippen molar-refractivity contribution < 1.29 is 9.84 Å². The number of hydrogen-bond donors (Lipinski definition) is 2. The van der Waals surface area contributed by atoms with E-state index in [0.29, 0.717) is 0 Å². The highest BCUT2D eigenvalue weighted by atomic mass is 16.5. The molecular formula is C20H23NO2. The predicted molar refractivity (Wildman–Crippen MR) is 90.7 cm³/mol. The van der Waals surface area contributed by atoms with Gasteiger partial charge in [0.05, 0.1) is 18.8 Å². The maximum atomic E-state index is 10.5. The summed E-state index contributed by atoms with van der Waals surface area (Å²) in [5.74, 6) is 1.02. The van der Waals surface area contributed by atoms with Gasteiger partial charge in [0.15, 0.2) is 0 Å². The van der Waals surface area contributed by atoms with Crippen LogP contribution in [0.3, 0.4) is 0 Å². The van der Waals surface area contributed by atoms with E-state index < -0.39 is 0 Å². The molecule has 0 saturated carbocycles. The molecule has 0 spiro atoms. The van der Waals surface area contributed by atoms with Crippen molar-refractivity contribution in [3.05, 3.63) is 64.7 Å². The first-order chi connectivity index (χ1) is 11.3. The molecule has 2 N–H and O–H groups in total. The van der Waals surface area contributed by atoms with Crippen LogP contribution in [0.1, 0.15) is 47.7 Å². The van der Waals surface area contributed by atoms with Gasteiger partial charge in [-0.15, -0.1) is 0 Å². The smallest absolute Gasteiger partial charge is 0.122 e. The van der Waals surface area contributed by atoms with Crippen molar-refractivity contribution in [1.82, 2.24) is 5.32 Å². The molecule has 2 aliphatic rings. The summed E-state index contributed by atoms with van der Waals surface area (Å²) in [7, 11) is 0. The van der Waals surface area contributed by atoms with Gasteiger partial charge in [0.25, 0.3) is 0 Å². The Morgan fingerprint density at radius 3 is 2.96 bits per heavy atom. The number of aliphatic hydroxyl groups is 1. The first kappa shape index (κ1) is 14.7. The minimum atomic E-state index is -0.348. The molecule has 3 heteroatoms. The van der Waals surface area contributed by atoms with Crippen molar-refractivity contribution in [3.8, 4) is 5.75 Å². The molecule has 2 aromatic rings. The summed E-state index contributed by atoms with van der Waals surface area (Å²) >= 11 is 0. The van der Waals surface area contributed by atoms with Crippen molar-refractivity contribution in [3.63, 3.8) is 0 Å². The number of rotatable bonds is 4. The molecule has 0 aromatic heterocycles. The van der Waals surface area contributed by atoms with Gasteiger partial charge >= 0.3 is 0 Å². The summed E-state index contributed by atoms with van der Waals surface area (Å²) in [6.07, 6.45) is 2.38. The summed E-state index contributed by atoms with van der Waals surface area (Å²) in [6.45, 7) is 2.98. The zero-order chi connectivity index (χ0) is 15.8. The summed E-state index contributed by atoms with van der Waals surface area (Å²) in [5, 5.41) is 14.2. The Hall–Kier alpha value is -1.84. The van der Waals surface area contributed by atoms with E-state index in [4.69, 9.17) is 4.74 Å². The highest BCUT2D eigenvalue weighted by Gasteiger charge is 2.32. The number of aliphatic hydroxyl groups excluding tert-OH is 1. The quantitative estimate of drug-likeness (QED) is 0.910. The lowest BCUT2D eigenvalue weighted by atomic mass is 9.98. The normalized spacial score (nSPS) is 23.2. The lowest BCUT2D eigenvalue weighted by Gasteiger charge is -2.25. The molecule has 1 heterocycles. The molecule has 0 saturated heterocycles. The third-order valence-corrected chi connectivity index (χ3v) is 5.11. The van der Waals surface area contributed by atoms with Crippen molar-refractivity contribution in [2.75, 3.05) is 6.61 Å². The van der Waals surface area contributed by atoms with Gasteiger partial charge in [-0.2, -0.15) is 0 Å². The van der Waals surface area contributed by atoms with Crippen LogP contribution in [-0.4, -0.2) is 17.8 Å². The predicted octanol–water partition coefficient (Wildman–Crippen LogP) is 3.32. The van der Waals surface area contributed by atoms with Gasteiger partial charge in [-0.1, -0.05) is 43.3 Å². The van der Waals surface area contributed by atoms with Crippen LogP contribution >= 0.6 is 0 Å². The maximum absolute atomic E-state index is 10.5. The van der Waals surface area contributed by atoms with E-state index in [1.165, 1.54) is 22.3 Å². The van der Waals surface area contributed by atoms with Crippen LogP contribution in [0.4, 0.5) is 0 Å². The third-order valence-electron chi connectivity index (χ3n) is 5.11. The molecule has 3 nitrogen and oxygen atoms in total. The highest BCUT2D eigenvalue weighted by molar-refractivity contribution is 5.41. The molecule has 120 valence electrons. The first-order valence-electron chi connectivity index (χ1n) is 8.54. The lowest BCUT2D eigenvalue weighted by molar-refractivity contribution is 0.134. The van der Waals surface area contributed by atoms with Crippen LogP contribution in [0.5, 0.6) is 5.75 Å². The molecule has 23 heavy (non-hydrogen) atoms. The Balaban J connectivity index is 1.59. The van der Waals surface area contributed by atoms with E-state index >= 15 is 0 Å². The molecule has 2 aromatic carbocycles. The Labute approximate surface area is 137 Å². The van der Waals surface area contributed by atoms with E-state index in [-0.39, 0.29) is 18.2 Å². The number of nitrogens with one attached hydrogen (secondary N) is 1. The second-order valence-electron chi connectivity index (χ2n) is 6.54. The van der Waals surface area contributed by atoms with E-state index in [1.54, 1.807) is 0 Å². The van der Waals surface area contributed by atoms with E-state index in [9.17, 15) is 5.11 Å². The molecule has 3 atom stereocenters. The average molecular weight is 309 g/mol. The minimum Gasteiger partial charge on any atom is -0.493 e. The molecule has 1 aliphatic heterocycles. The first-order valence-corrected chi connectivity index (χ1v) is 8.54. The van der Waals surface area contributed by atoms with Gasteiger partial charge in [-0.05, 0) is 34.7 Å². The van der Waals surface area contributed by atoms with E-state index in [0.717, 1.165) is 31.6 Å².